The molecule has 8 heteroatoms. The van der Waals surface area contributed by atoms with E-state index in [0.29, 0.717) is 29.4 Å². The van der Waals surface area contributed by atoms with E-state index in [-0.39, 0.29) is 24.2 Å². The van der Waals surface area contributed by atoms with Crippen molar-refractivity contribution in [3.63, 3.8) is 0 Å². The van der Waals surface area contributed by atoms with Gasteiger partial charge in [-0.1, -0.05) is 12.1 Å². The summed E-state index contributed by atoms with van der Waals surface area (Å²) in [6.45, 7) is 1.78. The van der Waals surface area contributed by atoms with Crippen LogP contribution in [0.4, 0.5) is 11.4 Å². The van der Waals surface area contributed by atoms with Crippen molar-refractivity contribution in [2.24, 2.45) is 0 Å². The average Bonchev–Trinajstić information content (AvgIpc) is 3.10. The van der Waals surface area contributed by atoms with Crippen molar-refractivity contribution in [2.45, 2.75) is 6.10 Å². The van der Waals surface area contributed by atoms with Crippen LogP contribution in [0.2, 0.25) is 0 Å². The fraction of sp³-hybridized carbons (Fsp3) is 0.250. The number of rotatable bonds is 4. The zero-order valence-electron chi connectivity index (χ0n) is 12.8. The third-order valence-corrected chi connectivity index (χ3v) is 4.22. The summed E-state index contributed by atoms with van der Waals surface area (Å²) < 4.78 is 5.41. The van der Waals surface area contributed by atoms with Crippen LogP contribution < -0.4 is 16.0 Å². The van der Waals surface area contributed by atoms with Gasteiger partial charge < -0.3 is 20.7 Å². The molecule has 1 aliphatic heterocycles. The van der Waals surface area contributed by atoms with Gasteiger partial charge >= 0.3 is 0 Å². The number of carbonyl (C=O) groups is 2. The normalized spacial score (nSPS) is 16.8. The molecule has 128 valence electrons. The number of benzene rings is 1. The van der Waals surface area contributed by atoms with Gasteiger partial charge in [-0.2, -0.15) is 0 Å². The highest BCUT2D eigenvalue weighted by atomic mass is 35.5. The van der Waals surface area contributed by atoms with Gasteiger partial charge in [-0.3, -0.25) is 9.59 Å². The number of hydrogen-bond acceptors (Lipinski definition) is 5. The van der Waals surface area contributed by atoms with Gasteiger partial charge in [-0.05, 0) is 29.6 Å². The quantitative estimate of drug-likeness (QED) is 0.775. The molecule has 2 aromatic rings. The predicted octanol–water partition coefficient (Wildman–Crippen LogP) is 2.35. The van der Waals surface area contributed by atoms with E-state index >= 15 is 0 Å². The molecule has 24 heavy (non-hydrogen) atoms. The number of thiophene rings is 1. The lowest BCUT2D eigenvalue weighted by atomic mass is 10.2. The number of ether oxygens (including phenoxy) is 1. The van der Waals surface area contributed by atoms with Crippen LogP contribution in [0.25, 0.3) is 0 Å². The fourth-order valence-electron chi connectivity index (χ4n) is 2.23. The predicted molar refractivity (Wildman–Crippen MR) is 97.2 cm³/mol. The van der Waals surface area contributed by atoms with Gasteiger partial charge in [0, 0.05) is 24.5 Å². The summed E-state index contributed by atoms with van der Waals surface area (Å²) in [5.41, 5.74) is 1.25. The van der Waals surface area contributed by atoms with Crippen LogP contribution in [-0.4, -0.2) is 37.6 Å². The standard InChI is InChI=1S/C16H17N3O3S.ClH/c20-15(13-10-17-6-7-22-13)18-11-3-1-4-12(9-11)19-16(21)14-5-2-8-23-14;/h1-5,8-9,13,17H,6-7,10H2,(H,18,20)(H,19,21);1H. The number of hydrogen-bond donors (Lipinski definition) is 3. The number of anilines is 2. The van der Waals surface area contributed by atoms with Crippen LogP contribution in [0.1, 0.15) is 9.67 Å². The third kappa shape index (κ3) is 4.78. The Hall–Kier alpha value is -1.93. The molecule has 0 aliphatic carbocycles. The second kappa shape index (κ2) is 8.79. The van der Waals surface area contributed by atoms with E-state index < -0.39 is 6.10 Å². The highest BCUT2D eigenvalue weighted by Crippen LogP contribution is 2.18. The highest BCUT2D eigenvalue weighted by Gasteiger charge is 2.21. The molecular weight excluding hydrogens is 350 g/mol. The minimum Gasteiger partial charge on any atom is -0.366 e. The number of morpholine rings is 1. The van der Waals surface area contributed by atoms with E-state index in [1.807, 2.05) is 11.4 Å². The average molecular weight is 368 g/mol. The number of amides is 2. The zero-order chi connectivity index (χ0) is 16.1. The first-order valence-electron chi connectivity index (χ1n) is 7.30. The first kappa shape index (κ1) is 18.4. The summed E-state index contributed by atoms with van der Waals surface area (Å²) in [6, 6.07) is 10.6. The third-order valence-electron chi connectivity index (χ3n) is 3.35. The van der Waals surface area contributed by atoms with Gasteiger partial charge in [0.05, 0.1) is 11.5 Å². The van der Waals surface area contributed by atoms with Gasteiger partial charge in [0.15, 0.2) is 0 Å². The second-order valence-electron chi connectivity index (χ2n) is 5.07. The van der Waals surface area contributed by atoms with Crippen LogP contribution in [0.3, 0.4) is 0 Å². The Bertz CT molecular complexity index is 688. The van der Waals surface area contributed by atoms with Gasteiger partial charge in [-0.25, -0.2) is 0 Å². The Labute approximate surface area is 150 Å². The molecule has 6 nitrogen and oxygen atoms in total. The Kier molecular flexibility index (Phi) is 6.74. The SMILES string of the molecule is Cl.O=C(Nc1cccc(NC(=O)C2CNCCO2)c1)c1cccs1. The maximum atomic E-state index is 12.1. The van der Waals surface area contributed by atoms with Crippen LogP contribution in [0.15, 0.2) is 41.8 Å². The van der Waals surface area contributed by atoms with E-state index in [0.717, 1.165) is 6.54 Å². The van der Waals surface area contributed by atoms with E-state index in [2.05, 4.69) is 16.0 Å². The van der Waals surface area contributed by atoms with Crippen LogP contribution in [0.5, 0.6) is 0 Å². The number of halogens is 1. The van der Waals surface area contributed by atoms with E-state index in [4.69, 9.17) is 4.74 Å². The van der Waals surface area contributed by atoms with Gasteiger partial charge in [0.2, 0.25) is 0 Å². The molecule has 1 aromatic heterocycles. The van der Waals surface area contributed by atoms with Crippen LogP contribution in [0, 0.1) is 0 Å². The maximum absolute atomic E-state index is 12.1. The van der Waals surface area contributed by atoms with Crippen molar-refractivity contribution in [1.29, 1.82) is 0 Å². The lowest BCUT2D eigenvalue weighted by Gasteiger charge is -2.22. The molecule has 3 N–H and O–H groups in total. The Balaban J connectivity index is 0.00000208. The number of carbonyl (C=O) groups excluding carboxylic acids is 2. The number of nitrogens with one attached hydrogen (secondary N) is 3. The molecular formula is C16H18ClN3O3S. The molecule has 1 atom stereocenters. The minimum absolute atomic E-state index is 0. The zero-order valence-corrected chi connectivity index (χ0v) is 14.4. The van der Waals surface area contributed by atoms with E-state index in [1.54, 1.807) is 30.3 Å². The monoisotopic (exact) mass is 367 g/mol. The molecule has 0 bridgehead atoms. The van der Waals surface area contributed by atoms with E-state index in [1.165, 1.54) is 11.3 Å². The van der Waals surface area contributed by atoms with Gasteiger partial charge in [0.1, 0.15) is 6.10 Å². The Morgan fingerprint density at radius 3 is 2.62 bits per heavy atom. The van der Waals surface area contributed by atoms with Crippen molar-refractivity contribution in [3.8, 4) is 0 Å². The molecule has 2 heterocycles. The Morgan fingerprint density at radius 2 is 1.96 bits per heavy atom. The summed E-state index contributed by atoms with van der Waals surface area (Å²) in [7, 11) is 0. The largest absolute Gasteiger partial charge is 0.366 e. The summed E-state index contributed by atoms with van der Waals surface area (Å²) in [5, 5.41) is 10.6. The topological polar surface area (TPSA) is 79.5 Å². The van der Waals surface area contributed by atoms with Crippen molar-refractivity contribution < 1.29 is 14.3 Å². The molecule has 2 amide bonds. The van der Waals surface area contributed by atoms with Crippen molar-refractivity contribution in [2.75, 3.05) is 30.3 Å². The second-order valence-corrected chi connectivity index (χ2v) is 6.01. The van der Waals surface area contributed by atoms with Gasteiger partial charge in [-0.15, -0.1) is 23.7 Å². The Morgan fingerprint density at radius 1 is 1.17 bits per heavy atom. The van der Waals surface area contributed by atoms with Gasteiger partial charge in [0.25, 0.3) is 11.8 Å². The molecule has 1 aromatic carbocycles. The summed E-state index contributed by atoms with van der Waals surface area (Å²) in [6.07, 6.45) is -0.492. The molecule has 3 rings (SSSR count). The van der Waals surface area contributed by atoms with Crippen molar-refractivity contribution in [3.05, 3.63) is 46.7 Å². The summed E-state index contributed by atoms with van der Waals surface area (Å²) in [4.78, 5) is 24.8. The molecule has 0 radical (unpaired) electrons. The molecule has 0 saturated carbocycles. The fourth-order valence-corrected chi connectivity index (χ4v) is 2.85. The highest BCUT2D eigenvalue weighted by molar-refractivity contribution is 7.12. The first-order chi connectivity index (χ1) is 11.2. The summed E-state index contributed by atoms with van der Waals surface area (Å²) >= 11 is 1.38. The molecule has 1 unspecified atom stereocenters. The maximum Gasteiger partial charge on any atom is 0.265 e. The summed E-state index contributed by atoms with van der Waals surface area (Å²) in [5.74, 6) is -0.359. The molecule has 1 saturated heterocycles. The van der Waals surface area contributed by atoms with Crippen LogP contribution >= 0.6 is 23.7 Å². The van der Waals surface area contributed by atoms with Crippen molar-refractivity contribution in [1.82, 2.24) is 5.32 Å². The molecule has 1 aliphatic rings. The molecule has 1 fully saturated rings. The van der Waals surface area contributed by atoms with E-state index in [9.17, 15) is 9.59 Å². The molecule has 0 spiro atoms. The lowest BCUT2D eigenvalue weighted by Crippen LogP contribution is -2.45. The van der Waals surface area contributed by atoms with Crippen molar-refractivity contribution >= 4 is 46.9 Å². The minimum atomic E-state index is -0.492. The smallest absolute Gasteiger partial charge is 0.265 e. The van der Waals surface area contributed by atoms with Crippen LogP contribution in [-0.2, 0) is 9.53 Å². The first-order valence-corrected chi connectivity index (χ1v) is 8.18. The lowest BCUT2D eigenvalue weighted by molar-refractivity contribution is -0.128.